The zero-order valence-corrected chi connectivity index (χ0v) is 17.5. The van der Waals surface area contributed by atoms with Crippen LogP contribution in [-0.2, 0) is 32.3 Å². The molecule has 1 atom stereocenters. The van der Waals surface area contributed by atoms with E-state index in [2.05, 4.69) is 10.4 Å². The number of carbonyl (C=O) groups excluding carboxylic acids is 2. The molecule has 0 bridgehead atoms. The molecule has 1 aromatic heterocycles. The highest BCUT2D eigenvalue weighted by Crippen LogP contribution is 2.35. The molecule has 3 rings (SSSR count). The van der Waals surface area contributed by atoms with E-state index in [1.54, 1.807) is 13.8 Å². The topological polar surface area (TPSA) is 119 Å². The van der Waals surface area contributed by atoms with Gasteiger partial charge in [-0.05, 0) is 30.5 Å². The molecule has 1 aliphatic rings. The average molecular weight is 460 g/mol. The van der Waals surface area contributed by atoms with Gasteiger partial charge in [-0.25, -0.2) is 13.1 Å². The number of hydrogen-bond donors (Lipinski definition) is 2. The molecule has 2 aromatic rings. The lowest BCUT2D eigenvalue weighted by molar-refractivity contribution is -0.141. The minimum atomic E-state index is -4.68. The maximum atomic E-state index is 12.7. The zero-order chi connectivity index (χ0) is 23.1. The molecule has 2 amide bonds. The summed E-state index contributed by atoms with van der Waals surface area (Å²) in [6, 6.07) is 3.25. The molecule has 0 fully saturated rings. The average Bonchev–Trinajstić information content (AvgIpc) is 3.08. The standard InChI is InChI=1S/C18H19F3N4O5S/c1-9(2)16-17(27)22-11-6-10(3)13(7-12(11)30-16)31(28,29)24-15(26)8-25-5-4-14(23-25)18(19,20)21/h4-7,9,16H,8H2,1-3H3,(H,22,27)(H,24,26)/t16-/m1/s1. The molecule has 0 saturated heterocycles. The van der Waals surface area contributed by atoms with E-state index in [9.17, 15) is 31.2 Å². The van der Waals surface area contributed by atoms with Crippen LogP contribution in [0.4, 0.5) is 18.9 Å². The van der Waals surface area contributed by atoms with Crippen molar-refractivity contribution in [2.24, 2.45) is 5.92 Å². The monoisotopic (exact) mass is 460 g/mol. The molecular formula is C18H19F3N4O5S. The van der Waals surface area contributed by atoms with Crippen molar-refractivity contribution in [1.82, 2.24) is 14.5 Å². The Labute approximate surface area is 175 Å². The first kappa shape index (κ1) is 22.6. The molecule has 1 aromatic carbocycles. The minimum Gasteiger partial charge on any atom is -0.478 e. The number of aryl methyl sites for hydroxylation is 1. The van der Waals surface area contributed by atoms with Crippen LogP contribution in [0.15, 0.2) is 29.3 Å². The van der Waals surface area contributed by atoms with Gasteiger partial charge in [0.2, 0.25) is 0 Å². The first-order valence-electron chi connectivity index (χ1n) is 9.06. The second-order valence-corrected chi connectivity index (χ2v) is 8.96. The normalized spacial score (nSPS) is 16.5. The fourth-order valence-corrected chi connectivity index (χ4v) is 4.19. The highest BCUT2D eigenvalue weighted by molar-refractivity contribution is 7.90. The number of nitrogens with zero attached hydrogens (tertiary/aromatic N) is 2. The lowest BCUT2D eigenvalue weighted by atomic mass is 10.0. The van der Waals surface area contributed by atoms with Crippen molar-refractivity contribution < 1.29 is 35.9 Å². The van der Waals surface area contributed by atoms with Crippen LogP contribution in [0.3, 0.4) is 0 Å². The Kier molecular flexibility index (Phi) is 5.74. The summed E-state index contributed by atoms with van der Waals surface area (Å²) in [5.41, 5.74) is -0.683. The van der Waals surface area contributed by atoms with Crippen LogP contribution in [0.5, 0.6) is 5.75 Å². The third-order valence-corrected chi connectivity index (χ3v) is 5.94. The third kappa shape index (κ3) is 4.81. The Balaban J connectivity index is 1.80. The van der Waals surface area contributed by atoms with Crippen molar-refractivity contribution in [3.63, 3.8) is 0 Å². The number of alkyl halides is 3. The van der Waals surface area contributed by atoms with Crippen LogP contribution >= 0.6 is 0 Å². The molecule has 0 spiro atoms. The molecule has 2 heterocycles. The fourth-order valence-electron chi connectivity index (χ4n) is 2.97. The van der Waals surface area contributed by atoms with E-state index >= 15 is 0 Å². The number of sulfonamides is 1. The van der Waals surface area contributed by atoms with Crippen LogP contribution in [0.2, 0.25) is 0 Å². The van der Waals surface area contributed by atoms with Gasteiger partial charge in [0.25, 0.3) is 21.8 Å². The molecule has 13 heteroatoms. The maximum absolute atomic E-state index is 12.7. The van der Waals surface area contributed by atoms with Gasteiger partial charge in [0, 0.05) is 12.3 Å². The Morgan fingerprint density at radius 2 is 2.03 bits per heavy atom. The summed E-state index contributed by atoms with van der Waals surface area (Å²) >= 11 is 0. The quantitative estimate of drug-likeness (QED) is 0.705. The number of amides is 2. The van der Waals surface area contributed by atoms with E-state index in [-0.39, 0.29) is 28.0 Å². The second-order valence-electron chi connectivity index (χ2n) is 7.31. The molecule has 2 N–H and O–H groups in total. The van der Waals surface area contributed by atoms with E-state index in [1.807, 2.05) is 4.72 Å². The van der Waals surface area contributed by atoms with Crippen molar-refractivity contribution in [3.8, 4) is 5.75 Å². The lowest BCUT2D eigenvalue weighted by Crippen LogP contribution is -2.41. The SMILES string of the molecule is Cc1cc2c(cc1S(=O)(=O)NC(=O)Cn1ccc(C(F)(F)F)n1)O[C@H](C(C)C)C(=O)N2. The number of halogens is 3. The number of aromatic nitrogens is 2. The molecule has 1 aliphatic heterocycles. The molecule has 31 heavy (non-hydrogen) atoms. The Morgan fingerprint density at radius 3 is 2.61 bits per heavy atom. The van der Waals surface area contributed by atoms with Crippen molar-refractivity contribution in [1.29, 1.82) is 0 Å². The van der Waals surface area contributed by atoms with Crippen LogP contribution in [0.1, 0.15) is 25.1 Å². The number of anilines is 1. The minimum absolute atomic E-state index is 0.124. The number of hydrogen-bond acceptors (Lipinski definition) is 6. The van der Waals surface area contributed by atoms with Gasteiger partial charge in [-0.15, -0.1) is 0 Å². The predicted molar refractivity (Wildman–Crippen MR) is 102 cm³/mol. The highest BCUT2D eigenvalue weighted by atomic mass is 32.2. The summed E-state index contributed by atoms with van der Waals surface area (Å²) in [6.07, 6.45) is -4.58. The van der Waals surface area contributed by atoms with E-state index in [1.165, 1.54) is 19.1 Å². The van der Waals surface area contributed by atoms with Gasteiger partial charge in [-0.3, -0.25) is 14.3 Å². The van der Waals surface area contributed by atoms with E-state index < -0.39 is 40.4 Å². The molecule has 0 aliphatic carbocycles. The van der Waals surface area contributed by atoms with Gasteiger partial charge in [0.15, 0.2) is 11.8 Å². The van der Waals surface area contributed by atoms with E-state index in [0.717, 1.165) is 6.20 Å². The predicted octanol–water partition coefficient (Wildman–Crippen LogP) is 2.07. The summed E-state index contributed by atoms with van der Waals surface area (Å²) in [7, 11) is -4.37. The van der Waals surface area contributed by atoms with Crippen LogP contribution < -0.4 is 14.8 Å². The highest BCUT2D eigenvalue weighted by Gasteiger charge is 2.34. The van der Waals surface area contributed by atoms with Gasteiger partial charge in [-0.1, -0.05) is 13.8 Å². The van der Waals surface area contributed by atoms with Crippen molar-refractivity contribution in [3.05, 3.63) is 35.7 Å². The van der Waals surface area contributed by atoms with E-state index in [0.29, 0.717) is 16.4 Å². The lowest BCUT2D eigenvalue weighted by Gasteiger charge is -2.29. The smallest absolute Gasteiger partial charge is 0.435 e. The van der Waals surface area contributed by atoms with Crippen LogP contribution in [0.25, 0.3) is 0 Å². The molecule has 0 unspecified atom stereocenters. The zero-order valence-electron chi connectivity index (χ0n) is 16.6. The first-order chi connectivity index (χ1) is 14.3. The van der Waals surface area contributed by atoms with Crippen molar-refractivity contribution in [2.45, 2.75) is 44.5 Å². The Hall–Kier alpha value is -3.09. The summed E-state index contributed by atoms with van der Waals surface area (Å²) in [6.45, 7) is 4.26. The Morgan fingerprint density at radius 1 is 1.35 bits per heavy atom. The molecule has 168 valence electrons. The summed E-state index contributed by atoms with van der Waals surface area (Å²) in [5.74, 6) is -1.49. The number of ether oxygens (including phenoxy) is 1. The van der Waals surface area contributed by atoms with Crippen molar-refractivity contribution >= 4 is 27.5 Å². The summed E-state index contributed by atoms with van der Waals surface area (Å²) in [4.78, 5) is 23.9. The fraction of sp³-hybridized carbons (Fsp3) is 0.389. The first-order valence-corrected chi connectivity index (χ1v) is 10.5. The van der Waals surface area contributed by atoms with Crippen LogP contribution in [-0.4, -0.2) is 36.1 Å². The van der Waals surface area contributed by atoms with Gasteiger partial charge in [-0.2, -0.15) is 18.3 Å². The number of nitrogens with one attached hydrogen (secondary N) is 2. The van der Waals surface area contributed by atoms with Crippen molar-refractivity contribution in [2.75, 3.05) is 5.32 Å². The van der Waals surface area contributed by atoms with E-state index in [4.69, 9.17) is 4.74 Å². The third-order valence-electron chi connectivity index (χ3n) is 4.43. The molecule has 0 saturated carbocycles. The summed E-state index contributed by atoms with van der Waals surface area (Å²) in [5, 5.41) is 5.86. The number of rotatable bonds is 5. The second kappa shape index (κ2) is 7.87. The number of benzene rings is 1. The van der Waals surface area contributed by atoms with Crippen LogP contribution in [0, 0.1) is 12.8 Å². The Bertz CT molecular complexity index is 1140. The largest absolute Gasteiger partial charge is 0.478 e. The maximum Gasteiger partial charge on any atom is 0.435 e. The number of carbonyl (C=O) groups is 2. The number of fused-ring (bicyclic) bond motifs is 1. The van der Waals surface area contributed by atoms with Gasteiger partial charge < -0.3 is 10.1 Å². The molecular weight excluding hydrogens is 441 g/mol. The van der Waals surface area contributed by atoms with Gasteiger partial charge in [0.05, 0.1) is 10.6 Å². The molecule has 9 nitrogen and oxygen atoms in total. The van der Waals surface area contributed by atoms with Gasteiger partial charge >= 0.3 is 6.18 Å². The molecule has 0 radical (unpaired) electrons. The summed E-state index contributed by atoms with van der Waals surface area (Å²) < 4.78 is 71.3. The van der Waals surface area contributed by atoms with Gasteiger partial charge in [0.1, 0.15) is 12.3 Å².